The van der Waals surface area contributed by atoms with E-state index in [1.165, 1.54) is 7.11 Å². The number of benzene rings is 2. The number of anilines is 1. The van der Waals surface area contributed by atoms with Gasteiger partial charge in [-0.15, -0.1) is 0 Å². The lowest BCUT2D eigenvalue weighted by Gasteiger charge is -2.40. The normalized spacial score (nSPS) is 16.2. The van der Waals surface area contributed by atoms with E-state index in [4.69, 9.17) is 9.73 Å². The van der Waals surface area contributed by atoms with Crippen molar-refractivity contribution < 1.29 is 9.53 Å². The Hall–Kier alpha value is -2.82. The number of hydrogen-bond donors (Lipinski definition) is 0. The number of ether oxygens (including phenoxy) is 1. The first-order valence-electron chi connectivity index (χ1n) is 7.88. The van der Waals surface area contributed by atoms with Gasteiger partial charge in [0.2, 0.25) is 5.96 Å². The number of hydrogen-bond acceptors (Lipinski definition) is 5. The number of aliphatic imine (C=N–C) groups is 1. The number of fused-ring (bicyclic) bond motifs is 1. The molecule has 5 heteroatoms. The van der Waals surface area contributed by atoms with Crippen LogP contribution in [0.15, 0.2) is 59.6 Å². The van der Waals surface area contributed by atoms with Gasteiger partial charge >= 0.3 is 5.97 Å². The topological polar surface area (TPSA) is 45.1 Å². The summed E-state index contributed by atoms with van der Waals surface area (Å²) in [6, 6.07) is 17.8. The summed E-state index contributed by atoms with van der Waals surface area (Å²) >= 11 is 0. The molecule has 0 radical (unpaired) electrons. The number of esters is 1. The highest BCUT2D eigenvalue weighted by Crippen LogP contribution is 2.39. The van der Waals surface area contributed by atoms with Crippen molar-refractivity contribution in [2.45, 2.75) is 12.5 Å². The van der Waals surface area contributed by atoms with Crippen LogP contribution < -0.4 is 4.90 Å². The van der Waals surface area contributed by atoms with Crippen LogP contribution in [0.1, 0.15) is 18.0 Å². The number of methoxy groups -OCH3 is 1. The van der Waals surface area contributed by atoms with Crippen LogP contribution in [0, 0.1) is 0 Å². The molecule has 0 amide bonds. The second-order valence-corrected chi connectivity index (χ2v) is 5.87. The Morgan fingerprint density at radius 1 is 1.12 bits per heavy atom. The fraction of sp³-hybridized carbons (Fsp3) is 0.263. The summed E-state index contributed by atoms with van der Waals surface area (Å²) in [6.07, 6.45) is 0.259. The van der Waals surface area contributed by atoms with E-state index in [0.717, 1.165) is 22.9 Å². The van der Waals surface area contributed by atoms with E-state index >= 15 is 0 Å². The Morgan fingerprint density at radius 2 is 1.79 bits per heavy atom. The van der Waals surface area contributed by atoms with Crippen LogP contribution in [0.4, 0.5) is 11.4 Å². The average molecular weight is 323 g/mol. The molecule has 2 aromatic rings. The quantitative estimate of drug-likeness (QED) is 0.813. The van der Waals surface area contributed by atoms with Crippen LogP contribution in [-0.4, -0.2) is 38.0 Å². The molecule has 0 aromatic heterocycles. The third kappa shape index (κ3) is 2.97. The lowest BCUT2D eigenvalue weighted by Crippen LogP contribution is -2.45. The van der Waals surface area contributed by atoms with E-state index in [2.05, 4.69) is 4.90 Å². The molecule has 124 valence electrons. The summed E-state index contributed by atoms with van der Waals surface area (Å²) in [5.41, 5.74) is 2.91. The standard InChI is InChI=1S/C19H21N3O2/c1-21(2)19-20-16-12-8-7-11-15(16)17(13-18(23)24-3)22(19)14-9-5-4-6-10-14/h4-12,17H,13H2,1-3H3. The van der Waals surface area contributed by atoms with Crippen molar-refractivity contribution in [2.75, 3.05) is 26.1 Å². The maximum atomic E-state index is 12.0. The Labute approximate surface area is 142 Å². The van der Waals surface area contributed by atoms with Crippen LogP contribution in [0.3, 0.4) is 0 Å². The summed E-state index contributed by atoms with van der Waals surface area (Å²) in [5, 5.41) is 0. The van der Waals surface area contributed by atoms with Crippen LogP contribution in [0.25, 0.3) is 0 Å². The predicted octanol–water partition coefficient (Wildman–Crippen LogP) is 3.36. The van der Waals surface area contributed by atoms with E-state index in [1.807, 2.05) is 73.6 Å². The van der Waals surface area contributed by atoms with Gasteiger partial charge in [0.15, 0.2) is 0 Å². The molecule has 1 unspecified atom stereocenters. The second kappa shape index (κ2) is 6.74. The van der Waals surface area contributed by atoms with Crippen LogP contribution in [0.5, 0.6) is 0 Å². The minimum absolute atomic E-state index is 0.161. The Morgan fingerprint density at radius 3 is 2.46 bits per heavy atom. The Balaban J connectivity index is 2.16. The van der Waals surface area contributed by atoms with Crippen molar-refractivity contribution in [3.05, 3.63) is 60.2 Å². The molecule has 1 aliphatic heterocycles. The van der Waals surface area contributed by atoms with Gasteiger partial charge in [-0.25, -0.2) is 4.99 Å². The van der Waals surface area contributed by atoms with Crippen LogP contribution >= 0.6 is 0 Å². The first kappa shape index (κ1) is 16.1. The fourth-order valence-electron chi connectivity index (χ4n) is 2.95. The van der Waals surface area contributed by atoms with E-state index in [0.29, 0.717) is 0 Å². The minimum atomic E-state index is -0.240. The molecule has 0 saturated heterocycles. The Bertz CT molecular complexity index is 756. The lowest BCUT2D eigenvalue weighted by molar-refractivity contribution is -0.141. The van der Waals surface area contributed by atoms with Gasteiger partial charge in [-0.2, -0.15) is 0 Å². The molecular weight excluding hydrogens is 302 g/mol. The van der Waals surface area contributed by atoms with Gasteiger partial charge in [-0.1, -0.05) is 36.4 Å². The smallest absolute Gasteiger partial charge is 0.307 e. The molecule has 2 aromatic carbocycles. The summed E-state index contributed by atoms with van der Waals surface area (Å²) in [6.45, 7) is 0. The molecule has 0 fully saturated rings. The maximum absolute atomic E-state index is 12.0. The monoisotopic (exact) mass is 323 g/mol. The summed E-state index contributed by atoms with van der Waals surface area (Å²) in [5.74, 6) is 0.560. The van der Waals surface area contributed by atoms with Crippen LogP contribution in [-0.2, 0) is 9.53 Å². The number of guanidine groups is 1. The zero-order valence-corrected chi connectivity index (χ0v) is 14.1. The van der Waals surface area contributed by atoms with Crippen molar-refractivity contribution in [2.24, 2.45) is 4.99 Å². The molecular formula is C19H21N3O2. The van der Waals surface area contributed by atoms with Gasteiger partial charge in [0.25, 0.3) is 0 Å². The average Bonchev–Trinajstić information content (AvgIpc) is 2.61. The fourth-order valence-corrected chi connectivity index (χ4v) is 2.95. The van der Waals surface area contributed by atoms with Gasteiger partial charge in [0, 0.05) is 25.3 Å². The first-order chi connectivity index (χ1) is 11.6. The molecule has 5 nitrogen and oxygen atoms in total. The minimum Gasteiger partial charge on any atom is -0.469 e. The highest BCUT2D eigenvalue weighted by atomic mass is 16.5. The van der Waals surface area contributed by atoms with Crippen molar-refractivity contribution in [1.82, 2.24) is 4.90 Å². The van der Waals surface area contributed by atoms with Crippen molar-refractivity contribution in [3.8, 4) is 0 Å². The predicted molar refractivity (Wildman–Crippen MR) is 95.5 cm³/mol. The molecule has 24 heavy (non-hydrogen) atoms. The number of rotatable bonds is 3. The van der Waals surface area contributed by atoms with Gasteiger partial charge in [-0.3, -0.25) is 4.79 Å². The number of nitrogens with zero attached hydrogens (tertiary/aromatic N) is 3. The highest BCUT2D eigenvalue weighted by Gasteiger charge is 2.33. The second-order valence-electron chi connectivity index (χ2n) is 5.87. The molecule has 0 spiro atoms. The zero-order valence-electron chi connectivity index (χ0n) is 14.1. The molecule has 3 rings (SSSR count). The molecule has 0 bridgehead atoms. The van der Waals surface area contributed by atoms with Crippen molar-refractivity contribution in [1.29, 1.82) is 0 Å². The molecule has 0 saturated carbocycles. The molecule has 0 N–H and O–H groups in total. The molecule has 0 aliphatic carbocycles. The third-order valence-electron chi connectivity index (χ3n) is 4.07. The lowest BCUT2D eigenvalue weighted by atomic mass is 9.97. The number of carbonyl (C=O) groups excluding carboxylic acids is 1. The van der Waals surface area contributed by atoms with E-state index in [9.17, 15) is 4.79 Å². The van der Waals surface area contributed by atoms with Crippen LogP contribution in [0.2, 0.25) is 0 Å². The highest BCUT2D eigenvalue weighted by molar-refractivity contribution is 6.00. The molecule has 1 heterocycles. The largest absolute Gasteiger partial charge is 0.469 e. The number of para-hydroxylation sites is 2. The molecule has 1 atom stereocenters. The third-order valence-corrected chi connectivity index (χ3v) is 4.07. The van der Waals surface area contributed by atoms with E-state index in [-0.39, 0.29) is 18.4 Å². The van der Waals surface area contributed by atoms with Gasteiger partial charge in [0.1, 0.15) is 0 Å². The number of carbonyl (C=O) groups is 1. The van der Waals surface area contributed by atoms with Gasteiger partial charge in [0.05, 0.1) is 25.3 Å². The summed E-state index contributed by atoms with van der Waals surface area (Å²) in [7, 11) is 5.33. The molecule has 1 aliphatic rings. The van der Waals surface area contributed by atoms with E-state index in [1.54, 1.807) is 0 Å². The SMILES string of the molecule is COC(=O)CC1c2ccccc2N=C(N(C)C)N1c1ccccc1. The van der Waals surface area contributed by atoms with E-state index < -0.39 is 0 Å². The zero-order chi connectivity index (χ0) is 17.1. The van der Waals surface area contributed by atoms with Gasteiger partial charge in [-0.05, 0) is 18.2 Å². The van der Waals surface area contributed by atoms with Crippen molar-refractivity contribution >= 4 is 23.3 Å². The Kier molecular flexibility index (Phi) is 4.51. The summed E-state index contributed by atoms with van der Waals surface area (Å²) < 4.78 is 4.93. The maximum Gasteiger partial charge on any atom is 0.307 e. The van der Waals surface area contributed by atoms with Gasteiger partial charge < -0.3 is 14.5 Å². The summed E-state index contributed by atoms with van der Waals surface area (Å²) in [4.78, 5) is 20.9. The first-order valence-corrected chi connectivity index (χ1v) is 7.88. The van der Waals surface area contributed by atoms with Crippen molar-refractivity contribution in [3.63, 3.8) is 0 Å².